The number of nitrogens with zero attached hydrogens (tertiary/aromatic N) is 3. The van der Waals surface area contributed by atoms with Crippen LogP contribution in [0.15, 0.2) is 48.8 Å². The molecule has 1 N–H and O–H groups in total. The van der Waals surface area contributed by atoms with Gasteiger partial charge in [0.1, 0.15) is 11.2 Å². The second-order valence-electron chi connectivity index (χ2n) is 5.94. The fourth-order valence-electron chi connectivity index (χ4n) is 3.11. The zero-order valence-electron chi connectivity index (χ0n) is 13.4. The molecule has 0 spiro atoms. The summed E-state index contributed by atoms with van der Waals surface area (Å²) < 4.78 is 42.0. The molecule has 132 valence electrons. The van der Waals surface area contributed by atoms with Crippen molar-refractivity contribution >= 4 is 28.0 Å². The van der Waals surface area contributed by atoms with Crippen LogP contribution in [0.3, 0.4) is 0 Å². The molecule has 2 aromatic carbocycles. The molecule has 0 aliphatic heterocycles. The number of aromatic nitrogens is 3. The van der Waals surface area contributed by atoms with Crippen LogP contribution in [0.25, 0.3) is 27.8 Å². The first-order chi connectivity index (χ1) is 12.3. The molecule has 0 bridgehead atoms. The molecule has 2 heterocycles. The second kappa shape index (κ2) is 5.35. The summed E-state index contributed by atoms with van der Waals surface area (Å²) in [6.07, 6.45) is -2.83. The van der Waals surface area contributed by atoms with Gasteiger partial charge in [-0.3, -0.25) is 4.57 Å². The number of hydrogen-bond acceptors (Lipinski definition) is 2. The zero-order chi connectivity index (χ0) is 18.6. The molecule has 0 unspecified atom stereocenters. The van der Waals surface area contributed by atoms with E-state index in [1.165, 1.54) is 24.3 Å². The summed E-state index contributed by atoms with van der Waals surface area (Å²) in [6.45, 7) is 0. The lowest BCUT2D eigenvalue weighted by molar-refractivity contribution is -0.137. The summed E-state index contributed by atoms with van der Waals surface area (Å²) in [5.74, 6) is -1.06. The predicted molar refractivity (Wildman–Crippen MR) is 89.5 cm³/mol. The molecular formula is C18H12F3N3O2. The van der Waals surface area contributed by atoms with Crippen molar-refractivity contribution in [2.75, 3.05) is 0 Å². The minimum absolute atomic E-state index is 0.120. The summed E-state index contributed by atoms with van der Waals surface area (Å²) in [4.78, 5) is 15.6. The van der Waals surface area contributed by atoms with Gasteiger partial charge >= 0.3 is 12.1 Å². The van der Waals surface area contributed by atoms with Crippen molar-refractivity contribution in [3.63, 3.8) is 0 Å². The molecule has 4 rings (SSSR count). The van der Waals surface area contributed by atoms with Crippen molar-refractivity contribution < 1.29 is 23.1 Å². The molecule has 0 fully saturated rings. The standard InChI is InChI=1S/C18H12F3N3O2/c1-23-9-22-15-13-8-10(17(25)26)2-7-14(13)24(16(15)23)12-5-3-11(4-6-12)18(19,20)21/h2-9H,1H3,(H,25,26). The zero-order valence-corrected chi connectivity index (χ0v) is 13.4. The Morgan fingerprint density at radius 3 is 2.42 bits per heavy atom. The highest BCUT2D eigenvalue weighted by Gasteiger charge is 2.30. The Balaban J connectivity index is 2.01. The first-order valence-corrected chi connectivity index (χ1v) is 7.64. The summed E-state index contributed by atoms with van der Waals surface area (Å²) in [5.41, 5.74) is 1.85. The third kappa shape index (κ3) is 2.33. The topological polar surface area (TPSA) is 60.1 Å². The molecule has 8 heteroatoms. The quantitative estimate of drug-likeness (QED) is 0.583. The van der Waals surface area contributed by atoms with E-state index in [0.29, 0.717) is 27.8 Å². The van der Waals surface area contributed by atoms with Crippen LogP contribution in [0.2, 0.25) is 0 Å². The molecule has 0 aliphatic rings. The fourth-order valence-corrected chi connectivity index (χ4v) is 3.11. The van der Waals surface area contributed by atoms with Crippen LogP contribution in [-0.4, -0.2) is 25.2 Å². The van der Waals surface area contributed by atoms with E-state index in [0.717, 1.165) is 12.1 Å². The SMILES string of the molecule is Cn1cnc2c3cc(C(=O)O)ccc3n(-c3ccc(C(F)(F)F)cc3)c21. The number of halogens is 3. The highest BCUT2D eigenvalue weighted by atomic mass is 19.4. The Labute approximate surface area is 144 Å². The van der Waals surface area contributed by atoms with Crippen LogP contribution in [0.4, 0.5) is 13.2 Å². The highest BCUT2D eigenvalue weighted by Crippen LogP contribution is 2.34. The van der Waals surface area contributed by atoms with E-state index in [-0.39, 0.29) is 5.56 Å². The summed E-state index contributed by atoms with van der Waals surface area (Å²) in [6, 6.07) is 9.44. The number of alkyl halides is 3. The van der Waals surface area contributed by atoms with Crippen LogP contribution in [0.1, 0.15) is 15.9 Å². The first kappa shape index (κ1) is 16.2. The lowest BCUT2D eigenvalue weighted by Crippen LogP contribution is -2.05. The number of imidazole rings is 1. The summed E-state index contributed by atoms with van der Waals surface area (Å²) in [7, 11) is 1.77. The number of aryl methyl sites for hydroxylation is 1. The number of carbonyl (C=O) groups is 1. The second-order valence-corrected chi connectivity index (χ2v) is 5.94. The molecule has 0 atom stereocenters. The van der Waals surface area contributed by atoms with Gasteiger partial charge in [0.25, 0.3) is 0 Å². The van der Waals surface area contributed by atoms with Crippen molar-refractivity contribution in [2.24, 2.45) is 7.05 Å². The van der Waals surface area contributed by atoms with Crippen LogP contribution < -0.4 is 0 Å². The van der Waals surface area contributed by atoms with Gasteiger partial charge in [0, 0.05) is 18.1 Å². The van der Waals surface area contributed by atoms with Crippen molar-refractivity contribution in [1.29, 1.82) is 0 Å². The number of aromatic carboxylic acids is 1. The normalized spacial score (nSPS) is 12.2. The van der Waals surface area contributed by atoms with Gasteiger partial charge in [-0.15, -0.1) is 0 Å². The Morgan fingerprint density at radius 2 is 1.81 bits per heavy atom. The van der Waals surface area contributed by atoms with Crippen molar-refractivity contribution in [3.05, 3.63) is 59.9 Å². The molecule has 0 radical (unpaired) electrons. The largest absolute Gasteiger partial charge is 0.478 e. The van der Waals surface area contributed by atoms with Gasteiger partial charge in [-0.1, -0.05) is 0 Å². The number of carboxylic acids is 1. The first-order valence-electron chi connectivity index (χ1n) is 7.64. The molecule has 2 aromatic heterocycles. The van der Waals surface area contributed by atoms with Gasteiger partial charge in [-0.05, 0) is 42.5 Å². The van der Waals surface area contributed by atoms with Crippen LogP contribution in [0.5, 0.6) is 0 Å². The van der Waals surface area contributed by atoms with Gasteiger partial charge < -0.3 is 9.67 Å². The molecule has 0 saturated carbocycles. The van der Waals surface area contributed by atoms with E-state index in [4.69, 9.17) is 0 Å². The summed E-state index contributed by atoms with van der Waals surface area (Å²) in [5, 5.41) is 9.84. The predicted octanol–water partition coefficient (Wildman–Crippen LogP) is 4.23. The van der Waals surface area contributed by atoms with E-state index >= 15 is 0 Å². The molecule has 26 heavy (non-hydrogen) atoms. The van der Waals surface area contributed by atoms with E-state index in [1.54, 1.807) is 28.6 Å². The monoisotopic (exact) mass is 359 g/mol. The third-order valence-electron chi connectivity index (χ3n) is 4.31. The van der Waals surface area contributed by atoms with Gasteiger partial charge in [0.15, 0.2) is 0 Å². The minimum Gasteiger partial charge on any atom is -0.478 e. The average molecular weight is 359 g/mol. The minimum atomic E-state index is -4.41. The van der Waals surface area contributed by atoms with E-state index < -0.39 is 17.7 Å². The Hall–Kier alpha value is -3.29. The van der Waals surface area contributed by atoms with E-state index in [2.05, 4.69) is 4.98 Å². The van der Waals surface area contributed by atoms with Crippen molar-refractivity contribution in [1.82, 2.24) is 14.1 Å². The van der Waals surface area contributed by atoms with Gasteiger partial charge in [0.05, 0.1) is 23.0 Å². The third-order valence-corrected chi connectivity index (χ3v) is 4.31. The Bertz CT molecular complexity index is 1150. The molecule has 4 aromatic rings. The van der Waals surface area contributed by atoms with Crippen LogP contribution >= 0.6 is 0 Å². The molecule has 0 amide bonds. The van der Waals surface area contributed by atoms with Crippen LogP contribution in [-0.2, 0) is 13.2 Å². The van der Waals surface area contributed by atoms with E-state index in [1.807, 2.05) is 0 Å². The van der Waals surface area contributed by atoms with Gasteiger partial charge in [-0.25, -0.2) is 9.78 Å². The highest BCUT2D eigenvalue weighted by molar-refractivity contribution is 6.08. The van der Waals surface area contributed by atoms with Crippen molar-refractivity contribution in [3.8, 4) is 5.69 Å². The summed E-state index contributed by atoms with van der Waals surface area (Å²) >= 11 is 0. The molecular weight excluding hydrogens is 347 g/mol. The number of benzene rings is 2. The maximum absolute atomic E-state index is 12.8. The molecule has 5 nitrogen and oxygen atoms in total. The van der Waals surface area contributed by atoms with E-state index in [9.17, 15) is 23.1 Å². The Morgan fingerprint density at radius 1 is 1.12 bits per heavy atom. The van der Waals surface area contributed by atoms with Crippen LogP contribution in [0, 0.1) is 0 Å². The fraction of sp³-hybridized carbons (Fsp3) is 0.111. The average Bonchev–Trinajstić information content (AvgIpc) is 3.12. The Kier molecular flexibility index (Phi) is 3.33. The number of hydrogen-bond donors (Lipinski definition) is 1. The number of rotatable bonds is 2. The van der Waals surface area contributed by atoms with Gasteiger partial charge in [0.2, 0.25) is 0 Å². The lowest BCUT2D eigenvalue weighted by Gasteiger charge is -2.11. The van der Waals surface area contributed by atoms with Gasteiger partial charge in [-0.2, -0.15) is 13.2 Å². The maximum Gasteiger partial charge on any atom is 0.416 e. The molecule has 0 saturated heterocycles. The number of carboxylic acid groups (broad SMARTS) is 1. The van der Waals surface area contributed by atoms with Crippen molar-refractivity contribution in [2.45, 2.75) is 6.18 Å². The molecule has 0 aliphatic carbocycles. The lowest BCUT2D eigenvalue weighted by atomic mass is 10.1. The smallest absolute Gasteiger partial charge is 0.416 e. The number of fused-ring (bicyclic) bond motifs is 3. The maximum atomic E-state index is 12.8.